The Kier molecular flexibility index (Phi) is 5.61. The van der Waals surface area contributed by atoms with Crippen LogP contribution in [0.4, 0.5) is 0 Å². The number of halogens is 1. The molecule has 108 valence electrons. The summed E-state index contributed by atoms with van der Waals surface area (Å²) in [6.45, 7) is 1.78. The van der Waals surface area contributed by atoms with E-state index in [0.717, 1.165) is 37.1 Å². The van der Waals surface area contributed by atoms with Crippen LogP contribution in [0.2, 0.25) is 0 Å². The van der Waals surface area contributed by atoms with Gasteiger partial charge in [-0.2, -0.15) is 0 Å². The Bertz CT molecular complexity index is 546. The van der Waals surface area contributed by atoms with Gasteiger partial charge in [0.1, 0.15) is 10.6 Å². The van der Waals surface area contributed by atoms with Crippen LogP contribution in [0.15, 0.2) is 17.0 Å². The van der Waals surface area contributed by atoms with Crippen LogP contribution in [0.25, 0.3) is 0 Å². The van der Waals surface area contributed by atoms with E-state index in [2.05, 4.69) is 10.0 Å². The first-order valence-corrected chi connectivity index (χ1v) is 7.41. The molecular weight excluding hydrogens is 288 g/mol. The Morgan fingerprint density at radius 3 is 2.32 bits per heavy atom. The van der Waals surface area contributed by atoms with Crippen LogP contribution in [-0.4, -0.2) is 35.7 Å². The zero-order valence-electron chi connectivity index (χ0n) is 11.0. The summed E-state index contributed by atoms with van der Waals surface area (Å²) in [5, 5.41) is 3.30. The summed E-state index contributed by atoms with van der Waals surface area (Å²) in [4.78, 5) is 0.216. The SMILES string of the molecule is CNS(=O)(=O)c1cc2c(cc1OC)CCNCC2.Cl. The molecule has 2 rings (SSSR count). The van der Waals surface area contributed by atoms with E-state index in [9.17, 15) is 8.42 Å². The third kappa shape index (κ3) is 3.39. The molecule has 0 saturated carbocycles. The van der Waals surface area contributed by atoms with Crippen LogP contribution in [0.1, 0.15) is 11.1 Å². The van der Waals surface area contributed by atoms with Crippen molar-refractivity contribution in [1.29, 1.82) is 0 Å². The molecule has 0 amide bonds. The van der Waals surface area contributed by atoms with Gasteiger partial charge in [-0.1, -0.05) is 0 Å². The first-order valence-electron chi connectivity index (χ1n) is 5.92. The second-order valence-corrected chi connectivity index (χ2v) is 6.08. The van der Waals surface area contributed by atoms with Crippen LogP contribution in [0.3, 0.4) is 0 Å². The molecule has 1 aliphatic heterocycles. The summed E-state index contributed by atoms with van der Waals surface area (Å²) in [5.41, 5.74) is 2.24. The maximum absolute atomic E-state index is 11.9. The fourth-order valence-corrected chi connectivity index (χ4v) is 3.08. The Morgan fingerprint density at radius 1 is 1.21 bits per heavy atom. The number of sulfonamides is 1. The van der Waals surface area contributed by atoms with Gasteiger partial charge >= 0.3 is 0 Å². The summed E-state index contributed by atoms with van der Waals surface area (Å²) in [6, 6.07) is 3.57. The first-order chi connectivity index (χ1) is 8.58. The molecule has 2 N–H and O–H groups in total. The van der Waals surface area contributed by atoms with Gasteiger partial charge in [0, 0.05) is 0 Å². The Hall–Kier alpha value is -0.820. The number of ether oxygens (including phenoxy) is 1. The van der Waals surface area contributed by atoms with Gasteiger partial charge < -0.3 is 10.1 Å². The van der Waals surface area contributed by atoms with Crippen molar-refractivity contribution < 1.29 is 13.2 Å². The fourth-order valence-electron chi connectivity index (χ4n) is 2.16. The number of hydrogen-bond acceptors (Lipinski definition) is 4. The van der Waals surface area contributed by atoms with Crippen molar-refractivity contribution in [3.05, 3.63) is 23.3 Å². The molecule has 0 bridgehead atoms. The molecule has 1 aromatic carbocycles. The van der Waals surface area contributed by atoms with Crippen molar-refractivity contribution in [1.82, 2.24) is 10.0 Å². The van der Waals surface area contributed by atoms with E-state index < -0.39 is 10.0 Å². The van der Waals surface area contributed by atoms with Gasteiger partial charge in [-0.05, 0) is 56.2 Å². The van der Waals surface area contributed by atoms with Gasteiger partial charge in [0.2, 0.25) is 10.0 Å². The average Bonchev–Trinajstić information content (AvgIpc) is 2.61. The molecule has 19 heavy (non-hydrogen) atoms. The molecule has 0 unspecified atom stereocenters. The lowest BCUT2D eigenvalue weighted by atomic mass is 10.0. The van der Waals surface area contributed by atoms with Gasteiger partial charge in [-0.3, -0.25) is 0 Å². The topological polar surface area (TPSA) is 67.4 Å². The maximum atomic E-state index is 11.9. The molecule has 1 heterocycles. The number of methoxy groups -OCH3 is 1. The minimum absolute atomic E-state index is 0. The Labute approximate surface area is 120 Å². The highest BCUT2D eigenvalue weighted by Crippen LogP contribution is 2.28. The molecule has 0 saturated heterocycles. The minimum atomic E-state index is -3.48. The zero-order chi connectivity index (χ0) is 13.2. The highest BCUT2D eigenvalue weighted by molar-refractivity contribution is 7.89. The second-order valence-electron chi connectivity index (χ2n) is 4.23. The molecule has 0 aromatic heterocycles. The number of benzene rings is 1. The highest BCUT2D eigenvalue weighted by Gasteiger charge is 2.21. The van der Waals surface area contributed by atoms with Gasteiger partial charge in [-0.15, -0.1) is 12.4 Å². The third-order valence-corrected chi connectivity index (χ3v) is 4.62. The van der Waals surface area contributed by atoms with E-state index in [-0.39, 0.29) is 17.3 Å². The van der Waals surface area contributed by atoms with E-state index in [1.165, 1.54) is 14.2 Å². The molecule has 0 radical (unpaired) electrons. The van der Waals surface area contributed by atoms with Crippen molar-refractivity contribution in [3.8, 4) is 5.75 Å². The molecule has 0 spiro atoms. The maximum Gasteiger partial charge on any atom is 0.244 e. The van der Waals surface area contributed by atoms with E-state index >= 15 is 0 Å². The normalized spacial score (nSPS) is 15.1. The van der Waals surface area contributed by atoms with Gasteiger partial charge in [0.25, 0.3) is 0 Å². The quantitative estimate of drug-likeness (QED) is 0.863. The summed E-state index contributed by atoms with van der Waals surface area (Å²) in [5.74, 6) is 0.407. The predicted molar refractivity (Wildman–Crippen MR) is 76.8 cm³/mol. The number of rotatable bonds is 3. The summed E-state index contributed by atoms with van der Waals surface area (Å²) in [7, 11) is -0.586. The predicted octanol–water partition coefficient (Wildman–Crippen LogP) is 0.713. The monoisotopic (exact) mass is 306 g/mol. The second kappa shape index (κ2) is 6.56. The zero-order valence-corrected chi connectivity index (χ0v) is 12.7. The van der Waals surface area contributed by atoms with Gasteiger partial charge in [0.15, 0.2) is 0 Å². The van der Waals surface area contributed by atoms with Crippen molar-refractivity contribution >= 4 is 22.4 Å². The molecule has 0 aliphatic carbocycles. The highest BCUT2D eigenvalue weighted by atomic mass is 35.5. The third-order valence-electron chi connectivity index (χ3n) is 3.19. The van der Waals surface area contributed by atoms with Crippen molar-refractivity contribution in [2.45, 2.75) is 17.7 Å². The number of fused-ring (bicyclic) bond motifs is 1. The van der Waals surface area contributed by atoms with Crippen LogP contribution < -0.4 is 14.8 Å². The summed E-state index contributed by atoms with van der Waals surface area (Å²) < 4.78 is 31.4. The molecule has 0 atom stereocenters. The lowest BCUT2D eigenvalue weighted by Gasteiger charge is -2.13. The van der Waals surface area contributed by atoms with Crippen LogP contribution in [0, 0.1) is 0 Å². The average molecular weight is 307 g/mol. The fraction of sp³-hybridized carbons (Fsp3) is 0.500. The molecular formula is C12H19ClN2O3S. The molecule has 7 heteroatoms. The molecule has 1 aromatic rings. The summed E-state index contributed by atoms with van der Waals surface area (Å²) >= 11 is 0. The smallest absolute Gasteiger partial charge is 0.244 e. The van der Waals surface area contributed by atoms with E-state index in [4.69, 9.17) is 4.74 Å². The van der Waals surface area contributed by atoms with Gasteiger partial charge in [0.05, 0.1) is 7.11 Å². The van der Waals surface area contributed by atoms with Crippen molar-refractivity contribution in [2.24, 2.45) is 0 Å². The van der Waals surface area contributed by atoms with Crippen LogP contribution in [0.5, 0.6) is 5.75 Å². The number of hydrogen-bond donors (Lipinski definition) is 2. The van der Waals surface area contributed by atoms with Crippen LogP contribution >= 0.6 is 12.4 Å². The number of nitrogens with one attached hydrogen (secondary N) is 2. The van der Waals surface area contributed by atoms with E-state index in [1.54, 1.807) is 6.07 Å². The lowest BCUT2D eigenvalue weighted by Crippen LogP contribution is -2.20. The largest absolute Gasteiger partial charge is 0.495 e. The van der Waals surface area contributed by atoms with Crippen LogP contribution in [-0.2, 0) is 22.9 Å². The minimum Gasteiger partial charge on any atom is -0.495 e. The van der Waals surface area contributed by atoms with Gasteiger partial charge in [-0.25, -0.2) is 13.1 Å². The Balaban J connectivity index is 0.00000180. The molecule has 5 nitrogen and oxygen atoms in total. The molecule has 0 fully saturated rings. The first kappa shape index (κ1) is 16.2. The lowest BCUT2D eigenvalue weighted by molar-refractivity contribution is 0.401. The van der Waals surface area contributed by atoms with E-state index in [1.807, 2.05) is 6.07 Å². The summed E-state index contributed by atoms with van der Waals surface area (Å²) in [6.07, 6.45) is 1.73. The van der Waals surface area contributed by atoms with E-state index in [0.29, 0.717) is 5.75 Å². The Morgan fingerprint density at radius 2 is 1.79 bits per heavy atom. The standard InChI is InChI=1S/C12H18N2O3S.ClH/c1-13-18(15,16)12-8-10-4-6-14-5-3-9(10)7-11(12)17-2;/h7-8,13-14H,3-6H2,1-2H3;1H. The van der Waals surface area contributed by atoms with Crippen molar-refractivity contribution in [2.75, 3.05) is 27.2 Å². The molecule has 1 aliphatic rings. The van der Waals surface area contributed by atoms with Crippen molar-refractivity contribution in [3.63, 3.8) is 0 Å².